The highest BCUT2D eigenvalue weighted by atomic mass is 32.2. The number of hydrogen-bond donors (Lipinski definition) is 3. The van der Waals surface area contributed by atoms with Crippen molar-refractivity contribution in [3.63, 3.8) is 0 Å². The molecule has 0 saturated heterocycles. The fraction of sp³-hybridized carbons (Fsp3) is 0.333. The van der Waals surface area contributed by atoms with Crippen LogP contribution in [0.2, 0.25) is 0 Å². The van der Waals surface area contributed by atoms with Crippen LogP contribution in [0.15, 0.2) is 30.5 Å². The van der Waals surface area contributed by atoms with Gasteiger partial charge in [-0.2, -0.15) is 0 Å². The molecule has 0 aliphatic carbocycles. The van der Waals surface area contributed by atoms with Crippen LogP contribution in [-0.4, -0.2) is 32.7 Å². The van der Waals surface area contributed by atoms with Crippen LogP contribution in [0.4, 0.5) is 0 Å². The van der Waals surface area contributed by atoms with Crippen LogP contribution in [0.1, 0.15) is 5.56 Å². The molecule has 6 heteroatoms. The number of hydrogen-bond acceptors (Lipinski definition) is 3. The Balaban J connectivity index is 1.85. The Morgan fingerprint density at radius 2 is 2.06 bits per heavy atom. The van der Waals surface area contributed by atoms with Gasteiger partial charge in [0, 0.05) is 36.7 Å². The van der Waals surface area contributed by atoms with Gasteiger partial charge in [-0.15, -0.1) is 0 Å². The van der Waals surface area contributed by atoms with Gasteiger partial charge in [-0.1, -0.05) is 12.1 Å². The molecule has 0 aliphatic heterocycles. The third-order valence-corrected chi connectivity index (χ3v) is 3.40. The van der Waals surface area contributed by atoms with Crippen molar-refractivity contribution in [2.75, 3.05) is 19.3 Å². The molecule has 0 amide bonds. The standard InChI is InChI=1S/C12H17N3O2S/c1-18(16,17)15-8-7-13-9-10-3-2-4-12-11(10)5-6-14-12/h2-6,13-15H,7-9H2,1H3. The lowest BCUT2D eigenvalue weighted by molar-refractivity contribution is 0.582. The van der Waals surface area contributed by atoms with E-state index in [2.05, 4.69) is 21.1 Å². The highest BCUT2D eigenvalue weighted by Crippen LogP contribution is 2.16. The molecule has 2 aromatic rings. The Kier molecular flexibility index (Phi) is 4.00. The van der Waals surface area contributed by atoms with Gasteiger partial charge in [0.05, 0.1) is 6.26 Å². The molecule has 0 fully saturated rings. The summed E-state index contributed by atoms with van der Waals surface area (Å²) in [6.45, 7) is 1.73. The summed E-state index contributed by atoms with van der Waals surface area (Å²) in [5.74, 6) is 0. The SMILES string of the molecule is CS(=O)(=O)NCCNCc1cccc2[nH]ccc12. The maximum absolute atomic E-state index is 10.9. The summed E-state index contributed by atoms with van der Waals surface area (Å²) >= 11 is 0. The minimum Gasteiger partial charge on any atom is -0.361 e. The monoisotopic (exact) mass is 267 g/mol. The van der Waals surface area contributed by atoms with E-state index >= 15 is 0 Å². The number of rotatable bonds is 6. The molecule has 1 heterocycles. The van der Waals surface area contributed by atoms with E-state index in [1.807, 2.05) is 24.4 Å². The van der Waals surface area contributed by atoms with Gasteiger partial charge in [0.15, 0.2) is 0 Å². The van der Waals surface area contributed by atoms with Crippen LogP contribution < -0.4 is 10.0 Å². The number of aromatic nitrogens is 1. The van der Waals surface area contributed by atoms with Gasteiger partial charge in [-0.05, 0) is 17.7 Å². The fourth-order valence-corrected chi connectivity index (χ4v) is 2.33. The maximum atomic E-state index is 10.9. The summed E-state index contributed by atoms with van der Waals surface area (Å²) in [5, 5.41) is 4.41. The Hall–Kier alpha value is -1.37. The van der Waals surface area contributed by atoms with Gasteiger partial charge >= 0.3 is 0 Å². The molecule has 98 valence electrons. The molecule has 0 bridgehead atoms. The minimum absolute atomic E-state index is 0.405. The first-order chi connectivity index (χ1) is 8.56. The van der Waals surface area contributed by atoms with Crippen LogP contribution in [0.25, 0.3) is 10.9 Å². The van der Waals surface area contributed by atoms with Crippen LogP contribution >= 0.6 is 0 Å². The topological polar surface area (TPSA) is 74.0 Å². The molecule has 0 atom stereocenters. The zero-order valence-electron chi connectivity index (χ0n) is 10.2. The highest BCUT2D eigenvalue weighted by Gasteiger charge is 2.01. The van der Waals surface area contributed by atoms with E-state index in [0.29, 0.717) is 13.1 Å². The molecule has 0 spiro atoms. The molecule has 2 rings (SSSR count). The maximum Gasteiger partial charge on any atom is 0.208 e. The first-order valence-corrected chi connectivity index (χ1v) is 7.66. The van der Waals surface area contributed by atoms with Crippen molar-refractivity contribution in [2.45, 2.75) is 6.54 Å². The molecule has 3 N–H and O–H groups in total. The van der Waals surface area contributed by atoms with Crippen molar-refractivity contribution in [3.8, 4) is 0 Å². The second-order valence-corrected chi connectivity index (χ2v) is 6.03. The summed E-state index contributed by atoms with van der Waals surface area (Å²) < 4.78 is 24.2. The van der Waals surface area contributed by atoms with E-state index in [4.69, 9.17) is 0 Å². The van der Waals surface area contributed by atoms with Crippen LogP contribution in [0.3, 0.4) is 0 Å². The van der Waals surface area contributed by atoms with Gasteiger partial charge < -0.3 is 10.3 Å². The average Bonchev–Trinajstić information content (AvgIpc) is 2.75. The molecule has 0 aliphatic rings. The van der Waals surface area contributed by atoms with Gasteiger partial charge in [0.25, 0.3) is 0 Å². The van der Waals surface area contributed by atoms with Crippen LogP contribution in [-0.2, 0) is 16.6 Å². The Bertz CT molecular complexity index is 619. The quantitative estimate of drug-likeness (QED) is 0.678. The molecule has 0 radical (unpaired) electrons. The van der Waals surface area contributed by atoms with E-state index < -0.39 is 10.0 Å². The largest absolute Gasteiger partial charge is 0.361 e. The number of aromatic amines is 1. The number of H-pyrrole nitrogens is 1. The Morgan fingerprint density at radius 1 is 1.22 bits per heavy atom. The molecule has 0 saturated carbocycles. The summed E-state index contributed by atoms with van der Waals surface area (Å²) in [4.78, 5) is 3.16. The number of fused-ring (bicyclic) bond motifs is 1. The van der Waals surface area contributed by atoms with Crippen molar-refractivity contribution >= 4 is 20.9 Å². The average molecular weight is 267 g/mol. The summed E-state index contributed by atoms with van der Waals surface area (Å²) in [6.07, 6.45) is 3.08. The van der Waals surface area contributed by atoms with Gasteiger partial charge in [0.2, 0.25) is 10.0 Å². The molecule has 1 aromatic carbocycles. The smallest absolute Gasteiger partial charge is 0.208 e. The van der Waals surface area contributed by atoms with Gasteiger partial charge in [0.1, 0.15) is 0 Å². The van der Waals surface area contributed by atoms with E-state index in [-0.39, 0.29) is 0 Å². The van der Waals surface area contributed by atoms with E-state index in [1.165, 1.54) is 10.9 Å². The molecule has 18 heavy (non-hydrogen) atoms. The molecule has 1 aromatic heterocycles. The second kappa shape index (κ2) is 5.51. The van der Waals surface area contributed by atoms with Gasteiger partial charge in [-0.25, -0.2) is 13.1 Å². The van der Waals surface area contributed by atoms with E-state index in [1.54, 1.807) is 0 Å². The second-order valence-electron chi connectivity index (χ2n) is 4.20. The lowest BCUT2D eigenvalue weighted by Gasteiger charge is -2.06. The highest BCUT2D eigenvalue weighted by molar-refractivity contribution is 7.88. The van der Waals surface area contributed by atoms with Crippen LogP contribution in [0.5, 0.6) is 0 Å². The summed E-state index contributed by atoms with van der Waals surface area (Å²) in [6, 6.07) is 8.14. The third-order valence-electron chi connectivity index (χ3n) is 2.67. The summed E-state index contributed by atoms with van der Waals surface area (Å²) in [7, 11) is -3.09. The lowest BCUT2D eigenvalue weighted by Crippen LogP contribution is -2.30. The van der Waals surface area contributed by atoms with Crippen LogP contribution in [0, 0.1) is 0 Å². The normalized spacial score (nSPS) is 12.1. The first-order valence-electron chi connectivity index (χ1n) is 5.76. The van der Waals surface area contributed by atoms with Crippen molar-refractivity contribution in [2.24, 2.45) is 0 Å². The van der Waals surface area contributed by atoms with Crippen molar-refractivity contribution in [3.05, 3.63) is 36.0 Å². The van der Waals surface area contributed by atoms with Crippen molar-refractivity contribution < 1.29 is 8.42 Å². The Labute approximate surface area is 107 Å². The molecule has 5 nitrogen and oxygen atoms in total. The predicted molar refractivity (Wildman–Crippen MR) is 72.9 cm³/mol. The predicted octanol–water partition coefficient (Wildman–Crippen LogP) is 0.807. The number of sulfonamides is 1. The number of benzene rings is 1. The van der Waals surface area contributed by atoms with E-state index in [9.17, 15) is 8.42 Å². The molecular formula is C12H17N3O2S. The van der Waals surface area contributed by atoms with Crippen molar-refractivity contribution in [1.29, 1.82) is 0 Å². The molecule has 0 unspecified atom stereocenters. The zero-order valence-corrected chi connectivity index (χ0v) is 11.0. The lowest BCUT2D eigenvalue weighted by atomic mass is 10.1. The van der Waals surface area contributed by atoms with Gasteiger partial charge in [-0.3, -0.25) is 0 Å². The van der Waals surface area contributed by atoms with E-state index in [0.717, 1.165) is 18.3 Å². The first kappa shape index (κ1) is 13.1. The third kappa shape index (κ3) is 3.56. The zero-order chi connectivity index (χ0) is 13.0. The summed E-state index contributed by atoms with van der Waals surface area (Å²) in [5.41, 5.74) is 2.32. The molecular weight excluding hydrogens is 250 g/mol. The minimum atomic E-state index is -3.09. The van der Waals surface area contributed by atoms with Crippen molar-refractivity contribution in [1.82, 2.24) is 15.0 Å². The fourth-order valence-electron chi connectivity index (χ4n) is 1.85. The number of nitrogens with one attached hydrogen (secondary N) is 3. The Morgan fingerprint density at radius 3 is 2.83 bits per heavy atom.